The molecule has 0 spiro atoms. The zero-order chi connectivity index (χ0) is 12.4. The molecule has 2 N–H and O–H groups in total. The first kappa shape index (κ1) is 11.2. The lowest BCUT2D eigenvalue weighted by molar-refractivity contribution is -0.136. The van der Waals surface area contributed by atoms with Gasteiger partial charge in [0.25, 0.3) is 5.56 Å². The summed E-state index contributed by atoms with van der Waals surface area (Å²) in [6.07, 6.45) is -0.358. The minimum atomic E-state index is -1.07. The largest absolute Gasteiger partial charge is 0.496 e. The van der Waals surface area contributed by atoms with E-state index in [-0.39, 0.29) is 12.0 Å². The fourth-order valence-corrected chi connectivity index (χ4v) is 1.80. The number of fused-ring (bicyclic) bond motifs is 1. The molecule has 0 unspecified atom stereocenters. The summed E-state index contributed by atoms with van der Waals surface area (Å²) in [6.45, 7) is 0. The maximum Gasteiger partial charge on any atom is 0.308 e. The van der Waals surface area contributed by atoms with Gasteiger partial charge in [-0.2, -0.15) is 0 Å². The molecule has 0 aliphatic carbocycles. The normalized spacial score (nSPS) is 10.4. The van der Waals surface area contributed by atoms with Crippen LogP contribution in [0.4, 0.5) is 0 Å². The van der Waals surface area contributed by atoms with Crippen LogP contribution in [0.15, 0.2) is 29.1 Å². The lowest BCUT2D eigenvalue weighted by atomic mass is 10.1. The van der Waals surface area contributed by atoms with Crippen LogP contribution in [-0.2, 0) is 11.2 Å². The van der Waals surface area contributed by atoms with Crippen LogP contribution in [0.1, 0.15) is 5.56 Å². The molecule has 0 aliphatic heterocycles. The Morgan fingerprint density at radius 3 is 2.76 bits per heavy atom. The molecule has 2 aromatic rings. The number of methoxy groups -OCH3 is 1. The number of hydrogen-bond donors (Lipinski definition) is 2. The summed E-state index contributed by atoms with van der Waals surface area (Å²) in [6, 6.07) is 7.10. The lowest BCUT2D eigenvalue weighted by Gasteiger charge is -2.09. The van der Waals surface area contributed by atoms with Crippen molar-refractivity contribution in [2.24, 2.45) is 0 Å². The Hall–Kier alpha value is -2.30. The third-order valence-corrected chi connectivity index (χ3v) is 2.50. The topological polar surface area (TPSA) is 79.4 Å². The maximum absolute atomic E-state index is 11.7. The number of para-hydroxylation sites is 1. The average molecular weight is 233 g/mol. The van der Waals surface area contributed by atoms with Gasteiger partial charge in [0.1, 0.15) is 5.75 Å². The summed E-state index contributed by atoms with van der Waals surface area (Å²) in [5.74, 6) is -0.740. The molecule has 0 saturated heterocycles. The molecule has 1 heterocycles. The number of nitrogens with one attached hydrogen (secondary N) is 1. The number of ether oxygens (including phenoxy) is 1. The van der Waals surface area contributed by atoms with Crippen molar-refractivity contribution in [1.82, 2.24) is 4.98 Å². The number of aromatic amines is 1. The van der Waals surface area contributed by atoms with E-state index in [0.717, 1.165) is 0 Å². The van der Waals surface area contributed by atoms with Crippen molar-refractivity contribution >= 4 is 16.9 Å². The molecule has 17 heavy (non-hydrogen) atoms. The Morgan fingerprint density at radius 2 is 2.12 bits per heavy atom. The van der Waals surface area contributed by atoms with E-state index in [0.29, 0.717) is 16.7 Å². The number of hydrogen-bond acceptors (Lipinski definition) is 3. The Kier molecular flexibility index (Phi) is 2.82. The van der Waals surface area contributed by atoms with Crippen LogP contribution in [-0.4, -0.2) is 23.2 Å². The van der Waals surface area contributed by atoms with Crippen LogP contribution in [0, 0.1) is 0 Å². The smallest absolute Gasteiger partial charge is 0.308 e. The van der Waals surface area contributed by atoms with Crippen molar-refractivity contribution in [3.05, 3.63) is 40.2 Å². The van der Waals surface area contributed by atoms with Crippen LogP contribution < -0.4 is 10.3 Å². The number of carboxylic acid groups (broad SMARTS) is 1. The fraction of sp³-hybridized carbons (Fsp3) is 0.167. The van der Waals surface area contributed by atoms with Gasteiger partial charge in [0.05, 0.1) is 24.6 Å². The summed E-state index contributed by atoms with van der Waals surface area (Å²) in [7, 11) is 1.42. The summed E-state index contributed by atoms with van der Waals surface area (Å²) in [5.41, 5.74) is 0.338. The molecule has 1 aromatic carbocycles. The number of H-pyrrole nitrogens is 1. The second-order valence-corrected chi connectivity index (χ2v) is 3.58. The van der Waals surface area contributed by atoms with Crippen LogP contribution in [0.5, 0.6) is 5.75 Å². The molecule has 0 radical (unpaired) electrons. The summed E-state index contributed by atoms with van der Waals surface area (Å²) >= 11 is 0. The molecule has 2 rings (SSSR count). The summed E-state index contributed by atoms with van der Waals surface area (Å²) in [5, 5.41) is 9.47. The lowest BCUT2D eigenvalue weighted by Crippen LogP contribution is -2.17. The fourth-order valence-electron chi connectivity index (χ4n) is 1.80. The van der Waals surface area contributed by atoms with Crippen molar-refractivity contribution in [3.8, 4) is 5.75 Å². The molecular weight excluding hydrogens is 222 g/mol. The van der Waals surface area contributed by atoms with Gasteiger partial charge in [0.15, 0.2) is 0 Å². The van der Waals surface area contributed by atoms with Gasteiger partial charge in [0, 0.05) is 5.39 Å². The van der Waals surface area contributed by atoms with Gasteiger partial charge in [-0.3, -0.25) is 9.59 Å². The van der Waals surface area contributed by atoms with Crippen molar-refractivity contribution in [2.75, 3.05) is 7.11 Å². The molecule has 0 saturated carbocycles. The van der Waals surface area contributed by atoms with Gasteiger partial charge >= 0.3 is 5.97 Å². The zero-order valence-electron chi connectivity index (χ0n) is 9.19. The van der Waals surface area contributed by atoms with Crippen LogP contribution in [0.3, 0.4) is 0 Å². The standard InChI is InChI=1S/C12H11NO4/c1-17-11-7-4-2-3-5-9(7)13-12(16)8(11)6-10(14)15/h2-5H,6H2,1H3,(H,13,16)(H,14,15). The zero-order valence-corrected chi connectivity index (χ0v) is 9.19. The number of pyridine rings is 1. The van der Waals surface area contributed by atoms with Crippen molar-refractivity contribution < 1.29 is 14.6 Å². The Labute approximate surface area is 96.7 Å². The Bertz CT molecular complexity index is 630. The third-order valence-electron chi connectivity index (χ3n) is 2.50. The number of rotatable bonds is 3. The van der Waals surface area contributed by atoms with E-state index in [1.165, 1.54) is 7.11 Å². The van der Waals surface area contributed by atoms with E-state index in [1.54, 1.807) is 24.3 Å². The molecule has 5 heteroatoms. The van der Waals surface area contributed by atoms with Gasteiger partial charge < -0.3 is 14.8 Å². The highest BCUT2D eigenvalue weighted by Crippen LogP contribution is 2.25. The van der Waals surface area contributed by atoms with E-state index >= 15 is 0 Å². The van der Waals surface area contributed by atoms with Crippen LogP contribution in [0.2, 0.25) is 0 Å². The first-order valence-corrected chi connectivity index (χ1v) is 5.03. The quantitative estimate of drug-likeness (QED) is 0.833. The van der Waals surface area contributed by atoms with Gasteiger partial charge in [-0.15, -0.1) is 0 Å². The average Bonchev–Trinajstić information content (AvgIpc) is 2.29. The van der Waals surface area contributed by atoms with Crippen LogP contribution in [0.25, 0.3) is 10.9 Å². The predicted octanol–water partition coefficient (Wildman–Crippen LogP) is 1.16. The number of carbonyl (C=O) groups is 1. The van der Waals surface area contributed by atoms with Gasteiger partial charge in [0.2, 0.25) is 0 Å². The minimum Gasteiger partial charge on any atom is -0.496 e. The maximum atomic E-state index is 11.7. The van der Waals surface area contributed by atoms with Crippen molar-refractivity contribution in [3.63, 3.8) is 0 Å². The summed E-state index contributed by atoms with van der Waals surface area (Å²) in [4.78, 5) is 25.1. The van der Waals surface area contributed by atoms with Crippen molar-refractivity contribution in [1.29, 1.82) is 0 Å². The number of aromatic nitrogens is 1. The second kappa shape index (κ2) is 4.29. The molecule has 0 fully saturated rings. The molecule has 0 aliphatic rings. The van der Waals surface area contributed by atoms with Gasteiger partial charge in [-0.25, -0.2) is 0 Å². The van der Waals surface area contributed by atoms with Crippen LogP contribution >= 0.6 is 0 Å². The van der Waals surface area contributed by atoms with Gasteiger partial charge in [-0.05, 0) is 12.1 Å². The molecule has 0 atom stereocenters. The highest BCUT2D eigenvalue weighted by molar-refractivity contribution is 5.87. The third kappa shape index (κ3) is 1.99. The van der Waals surface area contributed by atoms with E-state index < -0.39 is 11.5 Å². The SMILES string of the molecule is COc1c(CC(=O)O)c(=O)[nH]c2ccccc12. The van der Waals surface area contributed by atoms with Crippen molar-refractivity contribution in [2.45, 2.75) is 6.42 Å². The van der Waals surface area contributed by atoms with E-state index in [4.69, 9.17) is 9.84 Å². The molecule has 0 amide bonds. The van der Waals surface area contributed by atoms with E-state index in [2.05, 4.69) is 4.98 Å². The molecule has 1 aromatic heterocycles. The second-order valence-electron chi connectivity index (χ2n) is 3.58. The molecule has 5 nitrogen and oxygen atoms in total. The number of aliphatic carboxylic acids is 1. The van der Waals surface area contributed by atoms with Gasteiger partial charge in [-0.1, -0.05) is 12.1 Å². The number of carboxylic acids is 1. The first-order chi connectivity index (χ1) is 8.13. The molecule has 0 bridgehead atoms. The Balaban J connectivity index is 2.78. The monoisotopic (exact) mass is 233 g/mol. The van der Waals surface area contributed by atoms with E-state index in [9.17, 15) is 9.59 Å². The molecule has 88 valence electrons. The molecular formula is C12H11NO4. The Morgan fingerprint density at radius 1 is 1.41 bits per heavy atom. The van der Waals surface area contributed by atoms with E-state index in [1.807, 2.05) is 0 Å². The minimum absolute atomic E-state index is 0.138. The highest BCUT2D eigenvalue weighted by atomic mass is 16.5. The number of benzene rings is 1. The summed E-state index contributed by atoms with van der Waals surface area (Å²) < 4.78 is 5.16. The highest BCUT2D eigenvalue weighted by Gasteiger charge is 2.15. The predicted molar refractivity (Wildman–Crippen MR) is 62.5 cm³/mol. The first-order valence-electron chi connectivity index (χ1n) is 5.03.